The lowest BCUT2D eigenvalue weighted by atomic mass is 9.72. The SMILES string of the molecule is CC.CC.CCCC1(CCN)CCN(CN2CCN(c3ccccc3)CC2)CC1. The van der Waals surface area contributed by atoms with Crippen molar-refractivity contribution in [1.29, 1.82) is 0 Å². The number of likely N-dealkylation sites (tertiary alicyclic amines) is 1. The van der Waals surface area contributed by atoms with Crippen LogP contribution in [0.5, 0.6) is 0 Å². The summed E-state index contributed by atoms with van der Waals surface area (Å²) in [6.45, 7) is 19.4. The highest BCUT2D eigenvalue weighted by molar-refractivity contribution is 5.46. The van der Waals surface area contributed by atoms with E-state index in [2.05, 4.69) is 52.0 Å². The third-order valence-electron chi connectivity index (χ3n) is 6.27. The van der Waals surface area contributed by atoms with Gasteiger partial charge in [0.2, 0.25) is 0 Å². The van der Waals surface area contributed by atoms with Crippen LogP contribution in [-0.2, 0) is 0 Å². The molecule has 0 saturated carbocycles. The van der Waals surface area contributed by atoms with Crippen molar-refractivity contribution in [1.82, 2.24) is 9.80 Å². The topological polar surface area (TPSA) is 35.7 Å². The molecule has 2 N–H and O–H groups in total. The largest absolute Gasteiger partial charge is 0.369 e. The quantitative estimate of drug-likeness (QED) is 0.690. The van der Waals surface area contributed by atoms with Gasteiger partial charge in [-0.3, -0.25) is 9.80 Å². The third-order valence-corrected chi connectivity index (χ3v) is 6.27. The molecule has 2 aliphatic heterocycles. The zero-order chi connectivity index (χ0) is 21.5. The lowest BCUT2D eigenvalue weighted by molar-refractivity contribution is 0.0452. The Morgan fingerprint density at radius 2 is 1.34 bits per heavy atom. The third kappa shape index (κ3) is 8.27. The normalized spacial score (nSPS) is 19.6. The zero-order valence-electron chi connectivity index (χ0n) is 20.0. The van der Waals surface area contributed by atoms with Crippen molar-refractivity contribution in [2.24, 2.45) is 11.1 Å². The predicted octanol–water partition coefficient (Wildman–Crippen LogP) is 5.05. The van der Waals surface area contributed by atoms with Crippen LogP contribution in [-0.4, -0.2) is 62.3 Å². The van der Waals surface area contributed by atoms with Gasteiger partial charge < -0.3 is 10.6 Å². The van der Waals surface area contributed by atoms with Gasteiger partial charge in [0.15, 0.2) is 0 Å². The maximum Gasteiger partial charge on any atom is 0.0507 e. The van der Waals surface area contributed by atoms with E-state index in [1.54, 1.807) is 0 Å². The standard InChI is InChI=1S/C21H36N4.2C2H6/c1-2-8-21(9-12-22)10-13-23(14-11-21)19-24-15-17-25(18-16-24)20-6-4-3-5-7-20;2*1-2/h3-7H,2,8-19,22H2,1H3;2*1-2H3. The summed E-state index contributed by atoms with van der Waals surface area (Å²) in [5, 5.41) is 0. The highest BCUT2D eigenvalue weighted by atomic mass is 15.3. The molecule has 0 aliphatic carbocycles. The van der Waals surface area contributed by atoms with E-state index < -0.39 is 0 Å². The second-order valence-electron chi connectivity index (χ2n) is 7.99. The second kappa shape index (κ2) is 14.8. The van der Waals surface area contributed by atoms with Crippen molar-refractivity contribution in [3.05, 3.63) is 30.3 Å². The average molecular weight is 405 g/mol. The fraction of sp³-hybridized carbons (Fsp3) is 0.760. The van der Waals surface area contributed by atoms with Crippen molar-refractivity contribution in [2.45, 2.75) is 66.7 Å². The van der Waals surface area contributed by atoms with Gasteiger partial charge in [-0.15, -0.1) is 0 Å². The Hall–Kier alpha value is -1.10. The Labute approximate surface area is 181 Å². The minimum Gasteiger partial charge on any atom is -0.369 e. The van der Waals surface area contributed by atoms with Gasteiger partial charge >= 0.3 is 0 Å². The van der Waals surface area contributed by atoms with Crippen LogP contribution in [0.25, 0.3) is 0 Å². The van der Waals surface area contributed by atoms with Crippen LogP contribution in [0.4, 0.5) is 5.69 Å². The molecule has 4 nitrogen and oxygen atoms in total. The fourth-order valence-electron chi connectivity index (χ4n) is 4.70. The summed E-state index contributed by atoms with van der Waals surface area (Å²) in [5.41, 5.74) is 7.79. The number of piperazine rings is 1. The molecule has 0 amide bonds. The molecule has 168 valence electrons. The van der Waals surface area contributed by atoms with Crippen LogP contribution in [0, 0.1) is 5.41 Å². The predicted molar refractivity (Wildman–Crippen MR) is 130 cm³/mol. The zero-order valence-corrected chi connectivity index (χ0v) is 20.0. The summed E-state index contributed by atoms with van der Waals surface area (Å²) in [6, 6.07) is 10.8. The highest BCUT2D eigenvalue weighted by Gasteiger charge is 2.33. The van der Waals surface area contributed by atoms with Crippen molar-refractivity contribution in [3.8, 4) is 0 Å². The summed E-state index contributed by atoms with van der Waals surface area (Å²) in [4.78, 5) is 7.82. The van der Waals surface area contributed by atoms with Crippen LogP contribution in [0.1, 0.15) is 66.7 Å². The van der Waals surface area contributed by atoms with Gasteiger partial charge in [0.1, 0.15) is 0 Å². The molecule has 0 bridgehead atoms. The molecule has 29 heavy (non-hydrogen) atoms. The van der Waals surface area contributed by atoms with Gasteiger partial charge in [0, 0.05) is 31.9 Å². The molecule has 2 saturated heterocycles. The van der Waals surface area contributed by atoms with E-state index in [1.807, 2.05) is 27.7 Å². The molecule has 1 aromatic carbocycles. The van der Waals surface area contributed by atoms with E-state index in [4.69, 9.17) is 5.73 Å². The molecule has 0 atom stereocenters. The molecule has 0 spiro atoms. The van der Waals surface area contributed by atoms with Crippen LogP contribution >= 0.6 is 0 Å². The van der Waals surface area contributed by atoms with E-state index in [1.165, 1.54) is 64.0 Å². The van der Waals surface area contributed by atoms with Gasteiger partial charge in [0.05, 0.1) is 6.67 Å². The first-order valence-electron chi connectivity index (χ1n) is 12.2. The first-order chi connectivity index (χ1) is 14.2. The monoisotopic (exact) mass is 404 g/mol. The molecule has 2 heterocycles. The van der Waals surface area contributed by atoms with Gasteiger partial charge in [-0.25, -0.2) is 0 Å². The minimum absolute atomic E-state index is 0.534. The number of rotatable bonds is 7. The number of nitrogens with zero attached hydrogens (tertiary/aromatic N) is 3. The first kappa shape index (κ1) is 25.9. The van der Waals surface area contributed by atoms with Crippen molar-refractivity contribution >= 4 is 5.69 Å². The van der Waals surface area contributed by atoms with Crippen molar-refractivity contribution in [3.63, 3.8) is 0 Å². The van der Waals surface area contributed by atoms with Crippen molar-refractivity contribution < 1.29 is 0 Å². The Bertz CT molecular complexity index is 481. The lowest BCUT2D eigenvalue weighted by Crippen LogP contribution is -2.52. The molecule has 0 aromatic heterocycles. The number of anilines is 1. The smallest absolute Gasteiger partial charge is 0.0507 e. The van der Waals surface area contributed by atoms with Gasteiger partial charge in [-0.05, 0) is 62.9 Å². The molecular weight excluding hydrogens is 356 g/mol. The summed E-state index contributed by atoms with van der Waals surface area (Å²) < 4.78 is 0. The Kier molecular flexibility index (Phi) is 13.2. The van der Waals surface area contributed by atoms with Gasteiger partial charge in [-0.1, -0.05) is 59.2 Å². The molecule has 1 aromatic rings. The van der Waals surface area contributed by atoms with Gasteiger partial charge in [0.25, 0.3) is 0 Å². The maximum atomic E-state index is 5.89. The molecule has 2 fully saturated rings. The molecule has 0 unspecified atom stereocenters. The van der Waals surface area contributed by atoms with Crippen LogP contribution in [0.3, 0.4) is 0 Å². The Morgan fingerprint density at radius 3 is 1.86 bits per heavy atom. The first-order valence-corrected chi connectivity index (χ1v) is 12.2. The fourth-order valence-corrected chi connectivity index (χ4v) is 4.70. The van der Waals surface area contributed by atoms with Gasteiger partial charge in [-0.2, -0.15) is 0 Å². The maximum absolute atomic E-state index is 5.89. The summed E-state index contributed by atoms with van der Waals surface area (Å²) in [6.07, 6.45) is 6.53. The van der Waals surface area contributed by atoms with E-state index in [-0.39, 0.29) is 0 Å². The second-order valence-corrected chi connectivity index (χ2v) is 7.99. The molecule has 4 heteroatoms. The van der Waals surface area contributed by atoms with E-state index in [0.717, 1.165) is 26.3 Å². The number of para-hydroxylation sites is 1. The van der Waals surface area contributed by atoms with E-state index >= 15 is 0 Å². The Morgan fingerprint density at radius 1 is 0.793 bits per heavy atom. The number of hydrogen-bond acceptors (Lipinski definition) is 4. The molecular formula is C25H48N4. The molecule has 0 radical (unpaired) electrons. The number of benzene rings is 1. The molecule has 3 rings (SSSR count). The lowest BCUT2D eigenvalue weighted by Gasteiger charge is -2.44. The van der Waals surface area contributed by atoms with E-state index in [9.17, 15) is 0 Å². The summed E-state index contributed by atoms with van der Waals surface area (Å²) in [7, 11) is 0. The molecule has 2 aliphatic rings. The van der Waals surface area contributed by atoms with Crippen LogP contribution in [0.2, 0.25) is 0 Å². The van der Waals surface area contributed by atoms with E-state index in [0.29, 0.717) is 5.41 Å². The average Bonchev–Trinajstić information content (AvgIpc) is 2.80. The highest BCUT2D eigenvalue weighted by Crippen LogP contribution is 2.39. The number of hydrogen-bond donors (Lipinski definition) is 1. The van der Waals surface area contributed by atoms with Crippen LogP contribution < -0.4 is 10.6 Å². The van der Waals surface area contributed by atoms with Crippen LogP contribution in [0.15, 0.2) is 30.3 Å². The number of piperidine rings is 1. The van der Waals surface area contributed by atoms with Crippen molar-refractivity contribution in [2.75, 3.05) is 57.4 Å². The minimum atomic E-state index is 0.534. The number of nitrogens with two attached hydrogens (primary N) is 1. The Balaban J connectivity index is 0.000000989. The summed E-state index contributed by atoms with van der Waals surface area (Å²) in [5.74, 6) is 0. The summed E-state index contributed by atoms with van der Waals surface area (Å²) >= 11 is 0.